The van der Waals surface area contributed by atoms with Gasteiger partial charge in [0, 0.05) is 57.9 Å². The van der Waals surface area contributed by atoms with Crippen LogP contribution in [0.3, 0.4) is 0 Å². The molecule has 13 heteroatoms. The molecule has 0 spiro atoms. The van der Waals surface area contributed by atoms with Gasteiger partial charge in [-0.2, -0.15) is 0 Å². The number of carbonyl (C=O) groups excluding carboxylic acids is 3. The number of amides is 4. The van der Waals surface area contributed by atoms with E-state index in [9.17, 15) is 19.2 Å². The van der Waals surface area contributed by atoms with Crippen molar-refractivity contribution in [1.82, 2.24) is 29.2 Å². The molecule has 0 bridgehead atoms. The van der Waals surface area contributed by atoms with Gasteiger partial charge in [0.2, 0.25) is 0 Å². The summed E-state index contributed by atoms with van der Waals surface area (Å²) in [4.78, 5) is 64.3. The van der Waals surface area contributed by atoms with E-state index in [4.69, 9.17) is 9.84 Å². The number of likely N-dealkylation sites (tertiary alicyclic amines) is 3. The van der Waals surface area contributed by atoms with Crippen LogP contribution in [0.1, 0.15) is 55.2 Å². The summed E-state index contributed by atoms with van der Waals surface area (Å²) in [6, 6.07) is 11.8. The molecule has 0 saturated carbocycles. The number of carboxylic acids is 1. The number of anilines is 1. The highest BCUT2D eigenvalue weighted by molar-refractivity contribution is 5.91. The van der Waals surface area contributed by atoms with Crippen LogP contribution < -0.4 is 5.32 Å². The predicted molar refractivity (Wildman–Crippen MR) is 196 cm³/mol. The Balaban J connectivity index is 0.988. The summed E-state index contributed by atoms with van der Waals surface area (Å²) in [6.07, 6.45) is 6.34. The maximum absolute atomic E-state index is 14.2. The first kappa shape index (κ1) is 35.7. The fraction of sp³-hybridized carbons (Fsp3) is 0.564. The molecule has 3 aromatic rings. The Hall–Kier alpha value is -4.65. The third-order valence-corrected chi connectivity index (χ3v) is 11.8. The molecule has 7 rings (SSSR count). The molecule has 5 heterocycles. The summed E-state index contributed by atoms with van der Waals surface area (Å²) >= 11 is 0. The van der Waals surface area contributed by atoms with Gasteiger partial charge in [-0.25, -0.2) is 14.6 Å². The number of aromatic nitrogens is 2. The van der Waals surface area contributed by atoms with E-state index in [2.05, 4.69) is 16.4 Å². The van der Waals surface area contributed by atoms with Crippen molar-refractivity contribution in [2.24, 2.45) is 18.9 Å². The zero-order valence-corrected chi connectivity index (χ0v) is 30.3. The fourth-order valence-electron chi connectivity index (χ4n) is 8.97. The third kappa shape index (κ3) is 7.89. The summed E-state index contributed by atoms with van der Waals surface area (Å²) < 4.78 is 8.12. The lowest BCUT2D eigenvalue weighted by molar-refractivity contribution is -0.142. The number of nitrogens with one attached hydrogen (secondary N) is 1. The number of carboxylic acid groups (broad SMARTS) is 1. The molecule has 4 aliphatic heterocycles. The van der Waals surface area contributed by atoms with Crippen molar-refractivity contribution < 1.29 is 29.0 Å². The van der Waals surface area contributed by atoms with Gasteiger partial charge in [0.25, 0.3) is 5.91 Å². The minimum atomic E-state index is -0.975. The quantitative estimate of drug-likeness (QED) is 0.348. The number of aryl methyl sites for hydroxylation is 2. The number of aliphatic carboxylic acids is 1. The summed E-state index contributed by atoms with van der Waals surface area (Å²) in [5.74, 6) is 0.0711. The SMILES string of the molecule is Cc1cc(C[C@@H](OC(=O)N2CCC(N3CCc4ccccc4NC3=O)CC2)C(=O)N2CCC(C3CCN(CC(=O)O)CC3)CC2)cc2ncn(C)c12. The average Bonchev–Trinajstić information content (AvgIpc) is 3.43. The summed E-state index contributed by atoms with van der Waals surface area (Å²) in [5.41, 5.74) is 5.78. The molecule has 2 aromatic carbocycles. The molecule has 4 aliphatic rings. The van der Waals surface area contributed by atoms with Crippen molar-refractivity contribution in [2.75, 3.05) is 57.7 Å². The number of para-hydroxylation sites is 1. The zero-order valence-electron chi connectivity index (χ0n) is 30.3. The van der Waals surface area contributed by atoms with E-state index >= 15 is 0 Å². The van der Waals surface area contributed by atoms with Gasteiger partial charge in [-0.05, 0) is 106 Å². The van der Waals surface area contributed by atoms with Crippen molar-refractivity contribution in [3.8, 4) is 0 Å². The van der Waals surface area contributed by atoms with Crippen molar-refractivity contribution in [3.05, 3.63) is 59.4 Å². The van der Waals surface area contributed by atoms with Gasteiger partial charge in [0.15, 0.2) is 6.10 Å². The van der Waals surface area contributed by atoms with Gasteiger partial charge >= 0.3 is 18.1 Å². The van der Waals surface area contributed by atoms with Crippen LogP contribution in [-0.4, -0.2) is 123 Å². The smallest absolute Gasteiger partial charge is 0.410 e. The number of piperidine rings is 3. The maximum Gasteiger partial charge on any atom is 0.410 e. The molecular weight excluding hydrogens is 662 g/mol. The topological polar surface area (TPSA) is 141 Å². The number of rotatable bonds is 8. The Morgan fingerprint density at radius 3 is 2.31 bits per heavy atom. The van der Waals surface area contributed by atoms with E-state index in [-0.39, 0.29) is 30.9 Å². The third-order valence-electron chi connectivity index (χ3n) is 11.8. The number of urea groups is 1. The molecule has 1 aromatic heterocycles. The lowest BCUT2D eigenvalue weighted by atomic mass is 9.78. The second kappa shape index (κ2) is 15.5. The Kier molecular flexibility index (Phi) is 10.7. The van der Waals surface area contributed by atoms with E-state index in [0.717, 1.165) is 78.6 Å². The van der Waals surface area contributed by atoms with Gasteiger partial charge in [0.05, 0.1) is 23.9 Å². The van der Waals surface area contributed by atoms with Gasteiger partial charge in [-0.3, -0.25) is 14.5 Å². The number of benzene rings is 2. The number of nitrogens with zero attached hydrogens (tertiary/aromatic N) is 6. The molecule has 1 atom stereocenters. The highest BCUT2D eigenvalue weighted by atomic mass is 16.6. The summed E-state index contributed by atoms with van der Waals surface area (Å²) in [7, 11) is 1.96. The second-order valence-corrected chi connectivity index (χ2v) is 15.1. The number of hydrogen-bond acceptors (Lipinski definition) is 7. The van der Waals surface area contributed by atoms with Gasteiger partial charge in [0.1, 0.15) is 0 Å². The van der Waals surface area contributed by atoms with E-state index < -0.39 is 18.2 Å². The Morgan fingerprint density at radius 2 is 1.60 bits per heavy atom. The van der Waals surface area contributed by atoms with E-state index in [1.54, 1.807) is 11.2 Å². The number of hydrogen-bond donors (Lipinski definition) is 2. The molecule has 52 heavy (non-hydrogen) atoms. The van der Waals surface area contributed by atoms with Crippen molar-refractivity contribution >= 4 is 40.7 Å². The second-order valence-electron chi connectivity index (χ2n) is 15.1. The highest BCUT2D eigenvalue weighted by Gasteiger charge is 2.37. The van der Waals surface area contributed by atoms with Gasteiger partial charge in [-0.1, -0.05) is 24.3 Å². The van der Waals surface area contributed by atoms with Crippen molar-refractivity contribution in [3.63, 3.8) is 0 Å². The predicted octanol–water partition coefficient (Wildman–Crippen LogP) is 4.52. The molecule has 13 nitrogen and oxygen atoms in total. The molecule has 3 saturated heterocycles. The minimum Gasteiger partial charge on any atom is -0.480 e. The lowest BCUT2D eigenvalue weighted by Gasteiger charge is -2.41. The minimum absolute atomic E-state index is 0.00886. The lowest BCUT2D eigenvalue weighted by Crippen LogP contribution is -2.52. The highest BCUT2D eigenvalue weighted by Crippen LogP contribution is 2.33. The van der Waals surface area contributed by atoms with E-state index in [1.165, 1.54) is 0 Å². The Labute approximate surface area is 304 Å². The van der Waals surface area contributed by atoms with Crippen LogP contribution in [0.2, 0.25) is 0 Å². The van der Waals surface area contributed by atoms with Crippen molar-refractivity contribution in [1.29, 1.82) is 0 Å². The Bertz CT molecular complexity index is 1790. The van der Waals surface area contributed by atoms with Crippen LogP contribution in [0.4, 0.5) is 15.3 Å². The standard InChI is InChI=1S/C39H51N7O6/c1-26-21-27(22-33-36(26)42(2)25-40-33)23-34(37(49)44-16-9-29(10-17-44)28-7-14-43(15-8-28)24-35(47)48)52-39(51)45-18-12-31(13-19-45)46-20-11-30-5-3-4-6-32(30)41-38(46)50/h3-6,21-22,25,28-29,31,34H,7-20,23-24H2,1-2H3,(H,41,50)(H,47,48)/t34-/m1/s1. The summed E-state index contributed by atoms with van der Waals surface area (Å²) in [5, 5.41) is 12.2. The number of fused-ring (bicyclic) bond motifs is 2. The average molecular weight is 714 g/mol. The normalized spacial score (nSPS) is 20.3. The fourth-order valence-corrected chi connectivity index (χ4v) is 8.97. The van der Waals surface area contributed by atoms with Crippen LogP contribution in [0, 0.1) is 18.8 Å². The molecule has 0 radical (unpaired) electrons. The molecule has 4 amide bonds. The molecular formula is C39H51N7O6. The number of carbonyl (C=O) groups is 4. The van der Waals surface area contributed by atoms with Crippen LogP contribution in [0.25, 0.3) is 11.0 Å². The van der Waals surface area contributed by atoms with E-state index in [0.29, 0.717) is 57.4 Å². The van der Waals surface area contributed by atoms with Gasteiger partial charge < -0.3 is 34.4 Å². The monoisotopic (exact) mass is 713 g/mol. The maximum atomic E-state index is 14.2. The van der Waals surface area contributed by atoms with Crippen LogP contribution >= 0.6 is 0 Å². The first-order valence-electron chi connectivity index (χ1n) is 18.9. The zero-order chi connectivity index (χ0) is 36.4. The molecule has 0 aliphatic carbocycles. The first-order valence-corrected chi connectivity index (χ1v) is 18.9. The van der Waals surface area contributed by atoms with Crippen LogP contribution in [-0.2, 0) is 34.2 Å². The van der Waals surface area contributed by atoms with Crippen LogP contribution in [0.5, 0.6) is 0 Å². The van der Waals surface area contributed by atoms with E-state index in [1.807, 2.05) is 63.6 Å². The summed E-state index contributed by atoms with van der Waals surface area (Å²) in [6.45, 7) is 6.44. The molecule has 278 valence electrons. The van der Waals surface area contributed by atoms with Gasteiger partial charge in [-0.15, -0.1) is 0 Å². The molecule has 0 unspecified atom stereocenters. The largest absolute Gasteiger partial charge is 0.480 e. The first-order chi connectivity index (χ1) is 25.1. The van der Waals surface area contributed by atoms with Crippen molar-refractivity contribution in [2.45, 2.75) is 70.4 Å². The molecule has 3 fully saturated rings. The number of imidazole rings is 1. The molecule has 2 N–H and O–H groups in total. The Morgan fingerprint density at radius 1 is 0.923 bits per heavy atom. The van der Waals surface area contributed by atoms with Crippen LogP contribution in [0.15, 0.2) is 42.7 Å². The number of ether oxygens (including phenoxy) is 1.